The minimum Gasteiger partial charge on any atom is -0.392 e. The van der Waals surface area contributed by atoms with Crippen LogP contribution in [-0.2, 0) is 0 Å². The van der Waals surface area contributed by atoms with Gasteiger partial charge >= 0.3 is 0 Å². The molecule has 0 heterocycles. The predicted octanol–water partition coefficient (Wildman–Crippen LogP) is 1.68. The van der Waals surface area contributed by atoms with Gasteiger partial charge in [-0.05, 0) is 31.1 Å². The van der Waals surface area contributed by atoms with E-state index in [0.29, 0.717) is 11.5 Å². The number of hydrogen-bond donors (Lipinski definition) is 2. The molecule has 0 aromatic rings. The molecular weight excluding hydrogens is 162 g/mol. The molecule has 13 heavy (non-hydrogen) atoms. The van der Waals surface area contributed by atoms with E-state index in [1.165, 1.54) is 25.7 Å². The minimum absolute atomic E-state index is 0.0869. The number of aliphatic hydroxyl groups is 1. The summed E-state index contributed by atoms with van der Waals surface area (Å²) in [4.78, 5) is 0. The molecule has 0 aromatic heterocycles. The molecule has 2 heteroatoms. The Labute approximate surface area is 80.7 Å². The molecule has 2 saturated carbocycles. The van der Waals surface area contributed by atoms with Crippen LogP contribution in [0.4, 0.5) is 0 Å². The fourth-order valence-electron chi connectivity index (χ4n) is 2.12. The first-order valence-electron chi connectivity index (χ1n) is 5.61. The van der Waals surface area contributed by atoms with Crippen LogP contribution in [0, 0.1) is 5.41 Å². The summed E-state index contributed by atoms with van der Waals surface area (Å²) in [6.07, 6.45) is 7.29. The van der Waals surface area contributed by atoms with E-state index in [1.54, 1.807) is 0 Å². The fraction of sp³-hybridized carbons (Fsp3) is 1.00. The molecule has 2 aliphatic rings. The SMILES string of the molecule is CC1(CN[C@H]2CCCC[C@@H]2O)CC1. The molecule has 76 valence electrons. The van der Waals surface area contributed by atoms with Crippen LogP contribution in [0.25, 0.3) is 0 Å². The zero-order valence-corrected chi connectivity index (χ0v) is 8.55. The first-order chi connectivity index (χ1) is 6.20. The van der Waals surface area contributed by atoms with Gasteiger partial charge in [-0.2, -0.15) is 0 Å². The summed E-state index contributed by atoms with van der Waals surface area (Å²) in [5, 5.41) is 13.2. The van der Waals surface area contributed by atoms with Crippen LogP contribution in [0.1, 0.15) is 45.4 Å². The minimum atomic E-state index is -0.0869. The third-order valence-electron chi connectivity index (χ3n) is 3.62. The lowest BCUT2D eigenvalue weighted by molar-refractivity contribution is 0.0886. The van der Waals surface area contributed by atoms with E-state index in [-0.39, 0.29) is 6.10 Å². The highest BCUT2D eigenvalue weighted by molar-refractivity contribution is 4.92. The van der Waals surface area contributed by atoms with Crippen molar-refractivity contribution in [3.63, 3.8) is 0 Å². The summed E-state index contributed by atoms with van der Waals surface area (Å²) in [5.41, 5.74) is 0.567. The molecule has 2 aliphatic carbocycles. The normalized spacial score (nSPS) is 37.4. The van der Waals surface area contributed by atoms with Gasteiger partial charge in [-0.25, -0.2) is 0 Å². The Bertz CT molecular complexity index is 177. The lowest BCUT2D eigenvalue weighted by Crippen LogP contribution is -2.44. The largest absolute Gasteiger partial charge is 0.392 e. The van der Waals surface area contributed by atoms with E-state index >= 15 is 0 Å². The maximum Gasteiger partial charge on any atom is 0.0693 e. The van der Waals surface area contributed by atoms with Crippen molar-refractivity contribution < 1.29 is 5.11 Å². The van der Waals surface area contributed by atoms with Gasteiger partial charge in [0.15, 0.2) is 0 Å². The monoisotopic (exact) mass is 183 g/mol. The van der Waals surface area contributed by atoms with Gasteiger partial charge in [0.25, 0.3) is 0 Å². The maximum atomic E-state index is 9.72. The topological polar surface area (TPSA) is 32.3 Å². The highest BCUT2D eigenvalue weighted by Crippen LogP contribution is 2.44. The third-order valence-corrected chi connectivity index (χ3v) is 3.62. The molecule has 2 fully saturated rings. The zero-order valence-electron chi connectivity index (χ0n) is 8.55. The average Bonchev–Trinajstić information content (AvgIpc) is 2.83. The van der Waals surface area contributed by atoms with Crippen molar-refractivity contribution in [3.05, 3.63) is 0 Å². The standard InChI is InChI=1S/C11H21NO/c1-11(6-7-11)8-12-9-4-2-3-5-10(9)13/h9-10,12-13H,2-8H2,1H3/t9-,10-/m0/s1. The van der Waals surface area contributed by atoms with Crippen molar-refractivity contribution in [1.82, 2.24) is 5.32 Å². The summed E-state index contributed by atoms with van der Waals surface area (Å²) in [7, 11) is 0. The molecule has 0 saturated heterocycles. The van der Waals surface area contributed by atoms with Crippen molar-refractivity contribution in [2.24, 2.45) is 5.41 Å². The van der Waals surface area contributed by atoms with Crippen molar-refractivity contribution in [1.29, 1.82) is 0 Å². The highest BCUT2D eigenvalue weighted by Gasteiger charge is 2.37. The van der Waals surface area contributed by atoms with Crippen molar-refractivity contribution >= 4 is 0 Å². The van der Waals surface area contributed by atoms with Gasteiger partial charge in [0.05, 0.1) is 6.10 Å². The maximum absolute atomic E-state index is 9.72. The fourth-order valence-corrected chi connectivity index (χ4v) is 2.12. The van der Waals surface area contributed by atoms with Gasteiger partial charge in [-0.1, -0.05) is 19.8 Å². The summed E-state index contributed by atoms with van der Waals surface area (Å²) in [6.45, 7) is 3.43. The van der Waals surface area contributed by atoms with E-state index in [2.05, 4.69) is 12.2 Å². The Morgan fingerprint density at radius 3 is 2.62 bits per heavy atom. The van der Waals surface area contributed by atoms with Gasteiger partial charge < -0.3 is 10.4 Å². The lowest BCUT2D eigenvalue weighted by Gasteiger charge is -2.29. The molecule has 0 aliphatic heterocycles. The molecule has 0 spiro atoms. The molecule has 0 radical (unpaired) electrons. The number of aliphatic hydroxyl groups excluding tert-OH is 1. The molecule has 0 aromatic carbocycles. The van der Waals surface area contributed by atoms with Crippen molar-refractivity contribution in [2.75, 3.05) is 6.54 Å². The highest BCUT2D eigenvalue weighted by atomic mass is 16.3. The summed E-state index contributed by atoms with van der Waals surface area (Å²) in [6, 6.07) is 0.381. The van der Waals surface area contributed by atoms with Crippen molar-refractivity contribution in [3.8, 4) is 0 Å². The van der Waals surface area contributed by atoms with E-state index < -0.39 is 0 Å². The lowest BCUT2D eigenvalue weighted by atomic mass is 9.92. The van der Waals surface area contributed by atoms with Gasteiger partial charge in [-0.3, -0.25) is 0 Å². The second-order valence-electron chi connectivity index (χ2n) is 5.15. The second kappa shape index (κ2) is 3.58. The van der Waals surface area contributed by atoms with E-state index in [1.807, 2.05) is 0 Å². The van der Waals surface area contributed by atoms with Gasteiger partial charge in [-0.15, -0.1) is 0 Å². The zero-order chi connectivity index (χ0) is 9.31. The molecule has 2 rings (SSSR count). The quantitative estimate of drug-likeness (QED) is 0.697. The average molecular weight is 183 g/mol. The smallest absolute Gasteiger partial charge is 0.0693 e. The molecule has 0 bridgehead atoms. The van der Waals surface area contributed by atoms with Gasteiger partial charge in [0, 0.05) is 12.6 Å². The number of rotatable bonds is 3. The van der Waals surface area contributed by atoms with Crippen LogP contribution < -0.4 is 5.32 Å². The second-order valence-corrected chi connectivity index (χ2v) is 5.15. The molecule has 2 N–H and O–H groups in total. The van der Waals surface area contributed by atoms with E-state index in [4.69, 9.17) is 0 Å². The van der Waals surface area contributed by atoms with E-state index in [0.717, 1.165) is 19.4 Å². The van der Waals surface area contributed by atoms with Crippen LogP contribution in [0.2, 0.25) is 0 Å². The Morgan fingerprint density at radius 1 is 1.31 bits per heavy atom. The Kier molecular flexibility index (Phi) is 2.61. The Hall–Kier alpha value is -0.0800. The first kappa shape index (κ1) is 9.47. The summed E-state index contributed by atoms with van der Waals surface area (Å²) in [5.74, 6) is 0. The van der Waals surface area contributed by atoms with Crippen LogP contribution in [0.15, 0.2) is 0 Å². The van der Waals surface area contributed by atoms with Crippen LogP contribution in [0.5, 0.6) is 0 Å². The van der Waals surface area contributed by atoms with Crippen LogP contribution in [-0.4, -0.2) is 23.8 Å². The number of hydrogen-bond acceptors (Lipinski definition) is 2. The molecular formula is C11H21NO. The summed E-state index contributed by atoms with van der Waals surface area (Å²) >= 11 is 0. The van der Waals surface area contributed by atoms with Crippen LogP contribution >= 0.6 is 0 Å². The molecule has 2 atom stereocenters. The van der Waals surface area contributed by atoms with Crippen LogP contribution in [0.3, 0.4) is 0 Å². The van der Waals surface area contributed by atoms with Gasteiger partial charge in [0.1, 0.15) is 0 Å². The van der Waals surface area contributed by atoms with Gasteiger partial charge in [0.2, 0.25) is 0 Å². The third kappa shape index (κ3) is 2.44. The molecule has 0 amide bonds. The van der Waals surface area contributed by atoms with E-state index in [9.17, 15) is 5.11 Å². The number of nitrogens with one attached hydrogen (secondary N) is 1. The predicted molar refractivity (Wildman–Crippen MR) is 53.6 cm³/mol. The Balaban J connectivity index is 1.73. The Morgan fingerprint density at radius 2 is 2.00 bits per heavy atom. The molecule has 0 unspecified atom stereocenters. The molecule has 2 nitrogen and oxygen atoms in total. The summed E-state index contributed by atoms with van der Waals surface area (Å²) < 4.78 is 0. The first-order valence-corrected chi connectivity index (χ1v) is 5.61. The van der Waals surface area contributed by atoms with Crippen molar-refractivity contribution in [2.45, 2.75) is 57.6 Å².